The van der Waals surface area contributed by atoms with E-state index in [9.17, 15) is 9.59 Å². The summed E-state index contributed by atoms with van der Waals surface area (Å²) in [5, 5.41) is 3.96. The largest absolute Gasteiger partial charge is 0.352 e. The second-order valence-corrected chi connectivity index (χ2v) is 3.29. The van der Waals surface area contributed by atoms with E-state index >= 15 is 0 Å². The molecule has 2 rings (SSSR count). The maximum Gasteiger partial charge on any atom is 0.352 e. The molecule has 2 N–H and O–H groups in total. The fourth-order valence-electron chi connectivity index (χ4n) is 1.34. The number of nitrogens with zero attached hydrogens (tertiary/aromatic N) is 5. The maximum atomic E-state index is 11.7. The van der Waals surface area contributed by atoms with Crippen LogP contribution >= 0.6 is 0 Å². The molecular weight excluding hydrogens is 212 g/mol. The highest BCUT2D eigenvalue weighted by molar-refractivity contribution is 5.47. The van der Waals surface area contributed by atoms with Crippen LogP contribution in [0.25, 0.3) is 11.5 Å². The van der Waals surface area contributed by atoms with Crippen molar-refractivity contribution in [3.05, 3.63) is 26.7 Å². The minimum Gasteiger partial charge on any atom is -0.324 e. The summed E-state index contributed by atoms with van der Waals surface area (Å²) in [6.07, 6.45) is 0. The van der Waals surface area contributed by atoms with E-state index in [1.165, 1.54) is 11.7 Å². The van der Waals surface area contributed by atoms with Gasteiger partial charge in [-0.2, -0.15) is 10.1 Å². The third-order valence-corrected chi connectivity index (χ3v) is 2.20. The number of nitrogens with two attached hydrogens (primary N) is 1. The smallest absolute Gasteiger partial charge is 0.324 e. The van der Waals surface area contributed by atoms with Crippen molar-refractivity contribution in [3.63, 3.8) is 0 Å². The molecule has 16 heavy (non-hydrogen) atoms. The van der Waals surface area contributed by atoms with Crippen LogP contribution in [-0.4, -0.2) is 24.3 Å². The Morgan fingerprint density at radius 2 is 1.94 bits per heavy atom. The van der Waals surface area contributed by atoms with E-state index in [4.69, 9.17) is 5.73 Å². The van der Waals surface area contributed by atoms with Crippen LogP contribution < -0.4 is 17.0 Å². The van der Waals surface area contributed by atoms with Crippen LogP contribution in [0.4, 0.5) is 0 Å². The van der Waals surface area contributed by atoms with E-state index < -0.39 is 11.2 Å². The first-order chi connectivity index (χ1) is 7.54. The molecule has 0 fully saturated rings. The number of fused-ring (bicyclic) bond motifs is 1. The highest BCUT2D eigenvalue weighted by atomic mass is 16.2. The van der Waals surface area contributed by atoms with Crippen LogP contribution in [0, 0.1) is 0 Å². The number of hydrogen-bond acceptors (Lipinski definition) is 6. The second kappa shape index (κ2) is 3.49. The summed E-state index contributed by atoms with van der Waals surface area (Å²) < 4.78 is 2.23. The van der Waals surface area contributed by atoms with Crippen LogP contribution in [0.15, 0.2) is 9.59 Å². The van der Waals surface area contributed by atoms with E-state index in [0.29, 0.717) is 5.82 Å². The van der Waals surface area contributed by atoms with Crippen molar-refractivity contribution in [2.24, 2.45) is 19.8 Å². The zero-order valence-corrected chi connectivity index (χ0v) is 8.84. The van der Waals surface area contributed by atoms with Gasteiger partial charge >= 0.3 is 5.69 Å². The minimum absolute atomic E-state index is 0.0973. The molecule has 0 unspecified atom stereocenters. The fourth-order valence-corrected chi connectivity index (χ4v) is 1.34. The van der Waals surface area contributed by atoms with Crippen LogP contribution in [0.5, 0.6) is 0 Å². The number of aryl methyl sites for hydroxylation is 1. The zero-order valence-electron chi connectivity index (χ0n) is 8.84. The predicted octanol–water partition coefficient (Wildman–Crippen LogP) is -2.17. The zero-order chi connectivity index (χ0) is 11.9. The lowest BCUT2D eigenvalue weighted by Gasteiger charge is -2.09. The lowest BCUT2D eigenvalue weighted by Crippen LogP contribution is -2.37. The first kappa shape index (κ1) is 10.4. The maximum absolute atomic E-state index is 11.7. The van der Waals surface area contributed by atoms with Crippen molar-refractivity contribution in [1.29, 1.82) is 0 Å². The van der Waals surface area contributed by atoms with Crippen molar-refractivity contribution >= 4 is 0 Å². The molecule has 0 aliphatic carbocycles. The Morgan fingerprint density at radius 1 is 1.25 bits per heavy atom. The molecule has 84 valence electrons. The highest BCUT2D eigenvalue weighted by Gasteiger charge is 2.17. The van der Waals surface area contributed by atoms with Crippen molar-refractivity contribution in [1.82, 2.24) is 24.3 Å². The summed E-state index contributed by atoms with van der Waals surface area (Å²) in [5.74, 6) is 0.484. The molecule has 0 saturated heterocycles. The van der Waals surface area contributed by atoms with E-state index in [1.54, 1.807) is 7.05 Å². The predicted molar refractivity (Wildman–Crippen MR) is 54.8 cm³/mol. The van der Waals surface area contributed by atoms with Gasteiger partial charge in [0.1, 0.15) is 0 Å². The van der Waals surface area contributed by atoms with Crippen LogP contribution in [0.1, 0.15) is 5.82 Å². The quantitative estimate of drug-likeness (QED) is 0.588. The average Bonchev–Trinajstić information content (AvgIpc) is 2.27. The molecule has 0 amide bonds. The van der Waals surface area contributed by atoms with Gasteiger partial charge in [-0.15, -0.1) is 0 Å². The first-order valence-corrected chi connectivity index (χ1v) is 4.55. The van der Waals surface area contributed by atoms with E-state index in [0.717, 1.165) is 4.57 Å². The molecule has 0 bridgehead atoms. The molecule has 8 heteroatoms. The van der Waals surface area contributed by atoms with Gasteiger partial charge in [0, 0.05) is 14.1 Å². The molecule has 0 radical (unpaired) electrons. The van der Waals surface area contributed by atoms with Crippen molar-refractivity contribution in [2.45, 2.75) is 6.54 Å². The van der Waals surface area contributed by atoms with Gasteiger partial charge in [0.25, 0.3) is 5.56 Å². The molecule has 0 aromatic rings. The Bertz CT molecular complexity index is 628. The second-order valence-electron chi connectivity index (χ2n) is 3.29. The molecule has 2 heterocycles. The number of rotatable bonds is 1. The van der Waals surface area contributed by atoms with E-state index in [1.807, 2.05) is 0 Å². The summed E-state index contributed by atoms with van der Waals surface area (Å²) in [5.41, 5.74) is 4.37. The van der Waals surface area contributed by atoms with Crippen molar-refractivity contribution in [2.75, 3.05) is 0 Å². The third kappa shape index (κ3) is 1.39. The molecule has 0 aromatic heterocycles. The molecule has 0 spiro atoms. The van der Waals surface area contributed by atoms with Crippen LogP contribution in [0.2, 0.25) is 0 Å². The Balaban J connectivity index is 2.96. The average molecular weight is 222 g/mol. The Morgan fingerprint density at radius 3 is 2.56 bits per heavy atom. The lowest BCUT2D eigenvalue weighted by molar-refractivity contribution is 0.644. The van der Waals surface area contributed by atoms with Gasteiger partial charge in [-0.1, -0.05) is 0 Å². The molecule has 0 aromatic carbocycles. The minimum atomic E-state index is -0.628. The first-order valence-electron chi connectivity index (χ1n) is 4.55. The van der Waals surface area contributed by atoms with Gasteiger partial charge in [-0.3, -0.25) is 9.36 Å². The number of hydrogen-bond donors (Lipinski definition) is 1. The highest BCUT2D eigenvalue weighted by Crippen LogP contribution is 2.07. The Labute approximate surface area is 89.7 Å². The summed E-state index contributed by atoms with van der Waals surface area (Å²) in [6.45, 7) is 0.117. The molecule has 0 saturated carbocycles. The van der Waals surface area contributed by atoms with Gasteiger partial charge in [-0.05, 0) is 0 Å². The lowest BCUT2D eigenvalue weighted by atomic mass is 10.4. The molecule has 2 aliphatic rings. The van der Waals surface area contributed by atoms with Gasteiger partial charge in [0.2, 0.25) is 0 Å². The van der Waals surface area contributed by atoms with Gasteiger partial charge in [0.05, 0.1) is 6.54 Å². The topological polar surface area (TPSA) is 109 Å². The monoisotopic (exact) mass is 222 g/mol. The standard InChI is InChI=1S/C8H10N6O2/c1-13-7(15)5-6(11-8(13)16)14(2)12-4(3-9)10-5/h3,9H2,1-2H3. The van der Waals surface area contributed by atoms with Crippen molar-refractivity contribution < 1.29 is 0 Å². The van der Waals surface area contributed by atoms with Gasteiger partial charge in [0.15, 0.2) is 17.3 Å². The van der Waals surface area contributed by atoms with Gasteiger partial charge < -0.3 is 5.73 Å². The molecule has 2 aliphatic heterocycles. The Kier molecular flexibility index (Phi) is 2.27. The number of aromatic nitrogens is 5. The summed E-state index contributed by atoms with van der Waals surface area (Å²) >= 11 is 0. The summed E-state index contributed by atoms with van der Waals surface area (Å²) in [4.78, 5) is 30.7. The molecule has 0 atom stereocenters. The normalized spacial score (nSPS) is 10.9. The molecule has 8 nitrogen and oxygen atoms in total. The van der Waals surface area contributed by atoms with Gasteiger partial charge in [-0.25, -0.2) is 14.5 Å². The van der Waals surface area contributed by atoms with Crippen molar-refractivity contribution in [3.8, 4) is 11.5 Å². The van der Waals surface area contributed by atoms with Crippen LogP contribution in [0.3, 0.4) is 0 Å². The fraction of sp³-hybridized carbons (Fsp3) is 0.375. The van der Waals surface area contributed by atoms with Crippen LogP contribution in [-0.2, 0) is 20.6 Å². The SMILES string of the molecule is Cn1nc(CN)nc2c(=O)n(C)c(=O)nc1-2. The van der Waals surface area contributed by atoms with E-state index in [2.05, 4.69) is 15.1 Å². The Hall–Kier alpha value is -2.09. The molecular formula is C8H10N6O2. The third-order valence-electron chi connectivity index (χ3n) is 2.20. The summed E-state index contributed by atoms with van der Waals surface area (Å²) in [7, 11) is 2.93. The summed E-state index contributed by atoms with van der Waals surface area (Å²) in [6, 6.07) is 0. The van der Waals surface area contributed by atoms with E-state index in [-0.39, 0.29) is 18.1 Å².